The molecule has 0 amide bonds. The van der Waals surface area contributed by atoms with Crippen molar-refractivity contribution in [2.75, 3.05) is 12.3 Å². The molecule has 5 N–H and O–H groups in total. The Hall–Kier alpha value is -2.03. The van der Waals surface area contributed by atoms with Crippen molar-refractivity contribution >= 4 is 16.9 Å². The zero-order chi connectivity index (χ0) is 15.1. The van der Waals surface area contributed by atoms with Gasteiger partial charge in [0.25, 0.3) is 0 Å². The standard InChI is InChI=1S/C13H15FN4O3/c14-7-4-16-13(15)9-10(7)18(5-17-9)8-3-6(1-2-19)11(20)12(8)21/h3-5,8,11-12,19-21H,1-2H2,(H2,15,16)/t8-,11-,12+/m1/s1. The number of imidazole rings is 1. The van der Waals surface area contributed by atoms with Crippen molar-refractivity contribution in [2.45, 2.75) is 24.7 Å². The topological polar surface area (TPSA) is 117 Å². The lowest BCUT2D eigenvalue weighted by molar-refractivity contribution is 0.0307. The van der Waals surface area contributed by atoms with Gasteiger partial charge in [0.15, 0.2) is 11.6 Å². The highest BCUT2D eigenvalue weighted by Gasteiger charge is 2.36. The predicted octanol–water partition coefficient (Wildman–Crippen LogP) is -0.262. The molecule has 0 saturated heterocycles. The smallest absolute Gasteiger partial charge is 0.167 e. The second-order valence-corrected chi connectivity index (χ2v) is 4.98. The molecule has 1 aliphatic rings. The highest BCUT2D eigenvalue weighted by molar-refractivity contribution is 5.85. The number of rotatable bonds is 3. The number of aromatic nitrogens is 3. The minimum atomic E-state index is -1.14. The van der Waals surface area contributed by atoms with Crippen LogP contribution in [0.15, 0.2) is 24.2 Å². The third-order valence-electron chi connectivity index (χ3n) is 3.74. The normalized spacial score (nSPS) is 25.5. The number of nitrogens with two attached hydrogens (primary N) is 1. The minimum absolute atomic E-state index is 0.0951. The molecule has 0 fully saturated rings. The lowest BCUT2D eigenvalue weighted by atomic mass is 10.1. The Labute approximate surface area is 119 Å². The molecule has 0 aromatic carbocycles. The molecular weight excluding hydrogens is 279 g/mol. The Bertz CT molecular complexity index is 715. The molecule has 8 heteroatoms. The number of hydrogen-bond donors (Lipinski definition) is 4. The highest BCUT2D eigenvalue weighted by atomic mass is 19.1. The van der Waals surface area contributed by atoms with Crippen LogP contribution in [0, 0.1) is 5.82 Å². The summed E-state index contributed by atoms with van der Waals surface area (Å²) < 4.78 is 15.4. The van der Waals surface area contributed by atoms with Gasteiger partial charge in [0, 0.05) is 6.61 Å². The van der Waals surface area contributed by atoms with Gasteiger partial charge in [0.1, 0.15) is 23.2 Å². The molecule has 0 spiro atoms. The van der Waals surface area contributed by atoms with E-state index in [4.69, 9.17) is 10.8 Å². The van der Waals surface area contributed by atoms with Gasteiger partial charge in [-0.2, -0.15) is 0 Å². The van der Waals surface area contributed by atoms with Gasteiger partial charge in [0.05, 0.1) is 18.6 Å². The summed E-state index contributed by atoms with van der Waals surface area (Å²) in [5, 5.41) is 29.1. The molecule has 7 nitrogen and oxygen atoms in total. The molecule has 0 saturated carbocycles. The maximum atomic E-state index is 14.0. The second kappa shape index (κ2) is 5.06. The highest BCUT2D eigenvalue weighted by Crippen LogP contribution is 2.34. The van der Waals surface area contributed by atoms with Gasteiger partial charge in [-0.3, -0.25) is 0 Å². The van der Waals surface area contributed by atoms with Gasteiger partial charge in [-0.25, -0.2) is 14.4 Å². The third kappa shape index (κ3) is 2.08. The fourth-order valence-corrected chi connectivity index (χ4v) is 2.69. The van der Waals surface area contributed by atoms with Crippen LogP contribution in [-0.2, 0) is 0 Å². The number of anilines is 1. The SMILES string of the molecule is Nc1ncc(F)c2c1ncn2[C@@H]1C=C(CCO)[C@@H](O)[C@H]1O. The first-order chi connectivity index (χ1) is 10.0. The van der Waals surface area contributed by atoms with E-state index in [-0.39, 0.29) is 29.9 Å². The minimum Gasteiger partial charge on any atom is -0.396 e. The molecule has 2 aromatic rings. The van der Waals surface area contributed by atoms with E-state index < -0.39 is 24.1 Å². The van der Waals surface area contributed by atoms with Crippen LogP contribution in [0.3, 0.4) is 0 Å². The van der Waals surface area contributed by atoms with Crippen molar-refractivity contribution < 1.29 is 19.7 Å². The average Bonchev–Trinajstić information content (AvgIpc) is 3.01. The van der Waals surface area contributed by atoms with Crippen LogP contribution < -0.4 is 5.73 Å². The first kappa shape index (κ1) is 13.9. The molecule has 21 heavy (non-hydrogen) atoms. The molecule has 1 aliphatic carbocycles. The number of aliphatic hydroxyl groups excluding tert-OH is 3. The van der Waals surface area contributed by atoms with Crippen molar-refractivity contribution in [3.63, 3.8) is 0 Å². The lowest BCUT2D eigenvalue weighted by Gasteiger charge is -2.19. The van der Waals surface area contributed by atoms with Gasteiger partial charge in [-0.15, -0.1) is 0 Å². The maximum Gasteiger partial charge on any atom is 0.167 e. The van der Waals surface area contributed by atoms with Crippen LogP contribution in [0.4, 0.5) is 10.2 Å². The van der Waals surface area contributed by atoms with E-state index in [2.05, 4.69) is 9.97 Å². The Balaban J connectivity index is 2.11. The number of hydrogen-bond acceptors (Lipinski definition) is 6. The van der Waals surface area contributed by atoms with Gasteiger partial charge in [-0.1, -0.05) is 6.08 Å². The van der Waals surface area contributed by atoms with Gasteiger partial charge < -0.3 is 25.6 Å². The van der Waals surface area contributed by atoms with E-state index in [1.807, 2.05) is 0 Å². The second-order valence-electron chi connectivity index (χ2n) is 4.98. The molecule has 112 valence electrons. The predicted molar refractivity (Wildman–Crippen MR) is 72.7 cm³/mol. The molecule has 2 aromatic heterocycles. The van der Waals surface area contributed by atoms with Crippen molar-refractivity contribution in [1.82, 2.24) is 14.5 Å². The van der Waals surface area contributed by atoms with E-state index >= 15 is 0 Å². The summed E-state index contributed by atoms with van der Waals surface area (Å²) >= 11 is 0. The molecule has 0 bridgehead atoms. The van der Waals surface area contributed by atoms with Crippen LogP contribution in [-0.4, -0.2) is 48.7 Å². The summed E-state index contributed by atoms with van der Waals surface area (Å²) in [6.07, 6.45) is 1.96. The first-order valence-electron chi connectivity index (χ1n) is 6.48. The Kier molecular flexibility index (Phi) is 3.36. The van der Waals surface area contributed by atoms with Crippen LogP contribution in [0.1, 0.15) is 12.5 Å². The van der Waals surface area contributed by atoms with E-state index in [9.17, 15) is 14.6 Å². The Morgan fingerprint density at radius 2 is 2.10 bits per heavy atom. The number of nitrogen functional groups attached to an aromatic ring is 1. The molecule has 0 aliphatic heterocycles. The zero-order valence-electron chi connectivity index (χ0n) is 11.0. The van der Waals surface area contributed by atoms with Crippen molar-refractivity contribution in [2.24, 2.45) is 0 Å². The zero-order valence-corrected chi connectivity index (χ0v) is 11.0. The fourth-order valence-electron chi connectivity index (χ4n) is 2.69. The number of nitrogens with zero attached hydrogens (tertiary/aromatic N) is 3. The quantitative estimate of drug-likeness (QED) is 0.579. The summed E-state index contributed by atoms with van der Waals surface area (Å²) in [5.41, 5.74) is 6.51. The molecule has 3 rings (SSSR count). The molecule has 0 unspecified atom stereocenters. The van der Waals surface area contributed by atoms with E-state index in [0.717, 1.165) is 6.20 Å². The molecule has 0 radical (unpaired) electrons. The van der Waals surface area contributed by atoms with Gasteiger partial charge in [-0.05, 0) is 12.0 Å². The molecule has 3 atom stereocenters. The maximum absolute atomic E-state index is 14.0. The van der Waals surface area contributed by atoms with Crippen LogP contribution in [0.25, 0.3) is 11.0 Å². The summed E-state index contributed by atoms with van der Waals surface area (Å²) in [7, 11) is 0. The van der Waals surface area contributed by atoms with Crippen LogP contribution >= 0.6 is 0 Å². The number of aliphatic hydroxyl groups is 3. The van der Waals surface area contributed by atoms with E-state index in [1.54, 1.807) is 6.08 Å². The van der Waals surface area contributed by atoms with Crippen molar-refractivity contribution in [1.29, 1.82) is 0 Å². The number of halogens is 1. The lowest BCUT2D eigenvalue weighted by Crippen LogP contribution is -2.29. The van der Waals surface area contributed by atoms with Crippen LogP contribution in [0.2, 0.25) is 0 Å². The summed E-state index contributed by atoms with van der Waals surface area (Å²) in [4.78, 5) is 7.71. The Morgan fingerprint density at radius 1 is 1.33 bits per heavy atom. The summed E-state index contributed by atoms with van der Waals surface area (Å²) in [5.74, 6) is -0.514. The van der Waals surface area contributed by atoms with E-state index in [1.165, 1.54) is 10.9 Å². The van der Waals surface area contributed by atoms with Gasteiger partial charge in [0.2, 0.25) is 0 Å². The van der Waals surface area contributed by atoms with Gasteiger partial charge >= 0.3 is 0 Å². The van der Waals surface area contributed by atoms with Crippen molar-refractivity contribution in [3.05, 3.63) is 30.0 Å². The van der Waals surface area contributed by atoms with Crippen molar-refractivity contribution in [3.8, 4) is 0 Å². The molecule has 2 heterocycles. The largest absolute Gasteiger partial charge is 0.396 e. The first-order valence-corrected chi connectivity index (χ1v) is 6.48. The molecular formula is C13H15FN4O3. The van der Waals surface area contributed by atoms with E-state index in [0.29, 0.717) is 5.57 Å². The van der Waals surface area contributed by atoms with Crippen LogP contribution in [0.5, 0.6) is 0 Å². The fraction of sp³-hybridized carbons (Fsp3) is 0.385. The monoisotopic (exact) mass is 294 g/mol. The third-order valence-corrected chi connectivity index (χ3v) is 3.74. The average molecular weight is 294 g/mol. The number of fused-ring (bicyclic) bond motifs is 1. The number of pyridine rings is 1. The summed E-state index contributed by atoms with van der Waals surface area (Å²) in [6.45, 7) is -0.141. The Morgan fingerprint density at radius 3 is 2.81 bits per heavy atom. The summed E-state index contributed by atoms with van der Waals surface area (Å²) in [6, 6.07) is -0.678.